The number of benzene rings is 2. The number of halogens is 4. The monoisotopic (exact) mass is 527 g/mol. The highest BCUT2D eigenvalue weighted by atomic mass is 35.5. The predicted octanol–water partition coefficient (Wildman–Crippen LogP) is 5.50. The number of nitrogens with zero attached hydrogens (tertiary/aromatic N) is 4. The number of fused-ring (bicyclic) bond motifs is 1. The fourth-order valence-corrected chi connectivity index (χ4v) is 4.87. The molecule has 3 heterocycles. The molecule has 2 aromatic carbocycles. The molecule has 0 radical (unpaired) electrons. The van der Waals surface area contributed by atoms with Gasteiger partial charge in [0.25, 0.3) is 0 Å². The van der Waals surface area contributed by atoms with Crippen LogP contribution in [0.5, 0.6) is 0 Å². The number of carbonyl (C=O) groups is 1. The number of aromatic nitrogens is 2. The fraction of sp³-hybridized carbons (Fsp3) is 0.259. The van der Waals surface area contributed by atoms with Crippen molar-refractivity contribution in [3.05, 3.63) is 101 Å². The molecule has 1 aliphatic rings. The van der Waals surface area contributed by atoms with Crippen LogP contribution in [0.25, 0.3) is 5.65 Å². The number of hydrogen-bond donors (Lipinski definition) is 1. The topological polar surface area (TPSA) is 52.9 Å². The maximum absolute atomic E-state index is 13.6. The number of pyridine rings is 1. The largest absolute Gasteiger partial charge is 0.418 e. The third kappa shape index (κ3) is 5.79. The number of hydrogen-bond acceptors (Lipinski definition) is 4. The molecule has 192 valence electrons. The van der Waals surface area contributed by atoms with Gasteiger partial charge in [0.05, 0.1) is 16.9 Å². The summed E-state index contributed by atoms with van der Waals surface area (Å²) in [6.45, 7) is 3.22. The van der Waals surface area contributed by atoms with Crippen LogP contribution in [0.4, 0.5) is 18.9 Å². The number of nitrogens with one attached hydrogen (secondary N) is 1. The van der Waals surface area contributed by atoms with E-state index in [-0.39, 0.29) is 10.7 Å². The molecule has 0 saturated carbocycles. The van der Waals surface area contributed by atoms with E-state index in [0.717, 1.165) is 23.0 Å². The molecule has 6 nitrogen and oxygen atoms in total. The van der Waals surface area contributed by atoms with Crippen molar-refractivity contribution in [1.82, 2.24) is 19.2 Å². The number of rotatable bonds is 6. The Morgan fingerprint density at radius 1 is 1.00 bits per heavy atom. The van der Waals surface area contributed by atoms with Gasteiger partial charge in [0.15, 0.2) is 0 Å². The minimum atomic E-state index is -4.65. The minimum absolute atomic E-state index is 0.0494. The molecule has 0 spiro atoms. The van der Waals surface area contributed by atoms with Crippen LogP contribution in [0.1, 0.15) is 22.9 Å². The van der Waals surface area contributed by atoms with Crippen molar-refractivity contribution in [2.45, 2.75) is 18.8 Å². The van der Waals surface area contributed by atoms with Gasteiger partial charge >= 0.3 is 6.18 Å². The summed E-state index contributed by atoms with van der Waals surface area (Å²) in [5, 5.41) is 2.47. The van der Waals surface area contributed by atoms with Crippen LogP contribution in [-0.2, 0) is 17.5 Å². The van der Waals surface area contributed by atoms with Crippen molar-refractivity contribution in [3.8, 4) is 0 Å². The second-order valence-electron chi connectivity index (χ2n) is 9.00. The van der Waals surface area contributed by atoms with Gasteiger partial charge in [0, 0.05) is 50.1 Å². The average molecular weight is 528 g/mol. The number of amides is 1. The van der Waals surface area contributed by atoms with Crippen LogP contribution >= 0.6 is 11.6 Å². The van der Waals surface area contributed by atoms with E-state index < -0.39 is 23.7 Å². The third-order valence-electron chi connectivity index (χ3n) is 6.48. The van der Waals surface area contributed by atoms with Gasteiger partial charge < -0.3 is 9.72 Å². The lowest BCUT2D eigenvalue weighted by atomic mass is 10.0. The lowest BCUT2D eigenvalue weighted by Crippen LogP contribution is -2.49. The Morgan fingerprint density at radius 3 is 2.43 bits per heavy atom. The van der Waals surface area contributed by atoms with Gasteiger partial charge in [0.1, 0.15) is 11.7 Å². The SMILES string of the molecule is O=C(Nc1ccc(Cl)cc1C(F)(F)F)[C@H](c1ccccc1)N1CCN(Cc2cn3ccccc3n2)CC1. The van der Waals surface area contributed by atoms with Gasteiger partial charge in [-0.15, -0.1) is 0 Å². The molecule has 37 heavy (non-hydrogen) atoms. The summed E-state index contributed by atoms with van der Waals surface area (Å²) in [7, 11) is 0. The van der Waals surface area contributed by atoms with Crippen molar-refractivity contribution in [1.29, 1.82) is 0 Å². The summed E-state index contributed by atoms with van der Waals surface area (Å²) in [6.07, 6.45) is -0.691. The Hall–Kier alpha value is -3.40. The minimum Gasteiger partial charge on any atom is -0.324 e. The summed E-state index contributed by atoms with van der Waals surface area (Å²) >= 11 is 5.80. The number of carbonyl (C=O) groups excluding carboxylic acids is 1. The smallest absolute Gasteiger partial charge is 0.324 e. The van der Waals surface area contributed by atoms with Crippen LogP contribution in [-0.4, -0.2) is 51.3 Å². The Labute approximate surface area is 217 Å². The van der Waals surface area contributed by atoms with Gasteiger partial charge in [-0.2, -0.15) is 13.2 Å². The molecule has 1 fully saturated rings. The fourth-order valence-electron chi connectivity index (χ4n) is 4.70. The molecular weight excluding hydrogens is 503 g/mol. The highest BCUT2D eigenvalue weighted by Crippen LogP contribution is 2.37. The first-order valence-electron chi connectivity index (χ1n) is 11.9. The molecule has 1 aliphatic heterocycles. The third-order valence-corrected chi connectivity index (χ3v) is 6.72. The van der Waals surface area contributed by atoms with Gasteiger partial charge in [-0.25, -0.2) is 4.98 Å². The van der Waals surface area contributed by atoms with E-state index in [2.05, 4.69) is 15.2 Å². The van der Waals surface area contributed by atoms with E-state index in [4.69, 9.17) is 11.6 Å². The van der Waals surface area contributed by atoms with E-state index in [9.17, 15) is 18.0 Å². The van der Waals surface area contributed by atoms with E-state index >= 15 is 0 Å². The summed E-state index contributed by atoms with van der Waals surface area (Å²) < 4.78 is 42.8. The quantitative estimate of drug-likeness (QED) is 0.359. The standard InChI is InChI=1S/C27H25ClF3N5O/c28-20-9-10-23(22(16-20)27(29,30)31)33-26(37)25(19-6-2-1-3-7-19)35-14-12-34(13-15-35)17-21-18-36-11-5-4-8-24(36)32-21/h1-11,16,18,25H,12-15,17H2,(H,33,37)/t25-/m0/s1. The Morgan fingerprint density at radius 2 is 1.73 bits per heavy atom. The zero-order chi connectivity index (χ0) is 26.0. The second kappa shape index (κ2) is 10.5. The molecule has 0 bridgehead atoms. The molecular formula is C27H25ClF3N5O. The van der Waals surface area contributed by atoms with Gasteiger partial charge in [-0.05, 0) is 35.9 Å². The summed E-state index contributed by atoms with van der Waals surface area (Å²) in [5.74, 6) is -0.521. The normalized spacial score (nSPS) is 16.1. The van der Waals surface area contributed by atoms with Crippen molar-refractivity contribution in [2.75, 3.05) is 31.5 Å². The highest BCUT2D eigenvalue weighted by Gasteiger charge is 2.36. The Balaban J connectivity index is 1.32. The number of piperazine rings is 1. The molecule has 1 N–H and O–H groups in total. The van der Waals surface area contributed by atoms with Crippen LogP contribution in [0.15, 0.2) is 79.1 Å². The highest BCUT2D eigenvalue weighted by molar-refractivity contribution is 6.30. The molecule has 1 saturated heterocycles. The zero-order valence-corrected chi connectivity index (χ0v) is 20.6. The van der Waals surface area contributed by atoms with Crippen LogP contribution < -0.4 is 5.32 Å². The second-order valence-corrected chi connectivity index (χ2v) is 9.44. The van der Waals surface area contributed by atoms with Gasteiger partial charge in [-0.3, -0.25) is 14.6 Å². The Bertz CT molecular complexity index is 1350. The first-order chi connectivity index (χ1) is 17.8. The van der Waals surface area contributed by atoms with Gasteiger partial charge in [0.2, 0.25) is 5.91 Å². The molecule has 2 aromatic heterocycles. The number of alkyl halides is 3. The van der Waals surface area contributed by atoms with Crippen LogP contribution in [0.3, 0.4) is 0 Å². The predicted molar refractivity (Wildman–Crippen MR) is 136 cm³/mol. The molecule has 10 heteroatoms. The van der Waals surface area contributed by atoms with E-state index in [1.165, 1.54) is 12.1 Å². The van der Waals surface area contributed by atoms with Crippen molar-refractivity contribution in [3.63, 3.8) is 0 Å². The molecule has 1 atom stereocenters. The number of imidazole rings is 1. The first-order valence-corrected chi connectivity index (χ1v) is 12.3. The van der Waals surface area contributed by atoms with Crippen LogP contribution in [0.2, 0.25) is 5.02 Å². The molecule has 4 aromatic rings. The van der Waals surface area contributed by atoms with E-state index in [1.807, 2.05) is 70.2 Å². The number of anilines is 1. The maximum Gasteiger partial charge on any atom is 0.418 e. The van der Waals surface area contributed by atoms with Crippen molar-refractivity contribution >= 4 is 28.8 Å². The lowest BCUT2D eigenvalue weighted by molar-refractivity contribution is -0.137. The summed E-state index contributed by atoms with van der Waals surface area (Å²) in [6, 6.07) is 17.6. The Kier molecular flexibility index (Phi) is 7.19. The molecule has 1 amide bonds. The summed E-state index contributed by atoms with van der Waals surface area (Å²) in [5.41, 5.74) is 1.28. The molecule has 0 aliphatic carbocycles. The van der Waals surface area contributed by atoms with E-state index in [1.54, 1.807) is 0 Å². The lowest BCUT2D eigenvalue weighted by Gasteiger charge is -2.38. The molecule has 0 unspecified atom stereocenters. The van der Waals surface area contributed by atoms with Gasteiger partial charge in [-0.1, -0.05) is 48.0 Å². The zero-order valence-electron chi connectivity index (χ0n) is 19.8. The summed E-state index contributed by atoms with van der Waals surface area (Å²) in [4.78, 5) is 22.4. The maximum atomic E-state index is 13.6. The van der Waals surface area contributed by atoms with Crippen molar-refractivity contribution in [2.24, 2.45) is 0 Å². The van der Waals surface area contributed by atoms with E-state index in [0.29, 0.717) is 32.7 Å². The van der Waals surface area contributed by atoms with Crippen LogP contribution in [0, 0.1) is 0 Å². The first kappa shape index (κ1) is 25.3. The molecule has 5 rings (SSSR count). The average Bonchev–Trinajstić information content (AvgIpc) is 3.29. The van der Waals surface area contributed by atoms with Crippen molar-refractivity contribution < 1.29 is 18.0 Å².